The molecule has 5 rings (SSSR count). The summed E-state index contributed by atoms with van der Waals surface area (Å²) in [6, 6.07) is 3.09. The molecule has 0 bridgehead atoms. The highest BCUT2D eigenvalue weighted by molar-refractivity contribution is 7.82. The predicted octanol–water partition coefficient (Wildman–Crippen LogP) is 3.12. The molecule has 178 valence electrons. The second-order valence-electron chi connectivity index (χ2n) is 9.23. The fourth-order valence-electron chi connectivity index (χ4n) is 5.03. The third kappa shape index (κ3) is 4.27. The van der Waals surface area contributed by atoms with Gasteiger partial charge in [-0.25, -0.2) is 18.5 Å². The largest absolute Gasteiger partial charge is 0.404 e. The van der Waals surface area contributed by atoms with Gasteiger partial charge < -0.3 is 10.5 Å². The molecule has 34 heavy (non-hydrogen) atoms. The van der Waals surface area contributed by atoms with Gasteiger partial charge in [0.05, 0.1) is 34.1 Å². The Balaban J connectivity index is 1.45. The maximum atomic E-state index is 13.5. The molecule has 0 radical (unpaired) electrons. The Labute approximate surface area is 200 Å². The van der Waals surface area contributed by atoms with Gasteiger partial charge in [0.25, 0.3) is 0 Å². The Hall–Kier alpha value is -2.98. The summed E-state index contributed by atoms with van der Waals surface area (Å²) in [4.78, 5) is 21.5. The van der Waals surface area contributed by atoms with Crippen LogP contribution in [0.1, 0.15) is 38.5 Å². The lowest BCUT2D eigenvalue weighted by molar-refractivity contribution is -0.116. The monoisotopic (exact) mass is 482 g/mol. The van der Waals surface area contributed by atoms with Crippen LogP contribution in [-0.4, -0.2) is 47.4 Å². The summed E-state index contributed by atoms with van der Waals surface area (Å²) in [6.07, 6.45) is 13.8. The molecule has 2 aromatic heterocycles. The van der Waals surface area contributed by atoms with Crippen molar-refractivity contribution in [1.82, 2.24) is 19.1 Å². The van der Waals surface area contributed by atoms with E-state index in [4.69, 9.17) is 5.73 Å². The maximum Gasteiger partial charge on any atom is 0.212 e. The maximum absolute atomic E-state index is 13.5. The number of aryl methyl sites for hydroxylation is 1. The molecule has 2 aromatic rings. The van der Waals surface area contributed by atoms with E-state index in [9.17, 15) is 13.4 Å². The Bertz CT molecular complexity index is 1220. The van der Waals surface area contributed by atoms with Gasteiger partial charge in [0.1, 0.15) is 17.3 Å². The molecule has 2 N–H and O–H groups in total. The van der Waals surface area contributed by atoms with Crippen LogP contribution in [0.5, 0.6) is 0 Å². The number of carbonyl (C=O) groups is 1. The van der Waals surface area contributed by atoms with E-state index >= 15 is 0 Å². The number of pyridine rings is 1. The van der Waals surface area contributed by atoms with Crippen molar-refractivity contribution in [2.75, 3.05) is 0 Å². The van der Waals surface area contributed by atoms with Crippen LogP contribution in [0.2, 0.25) is 0 Å². The molecule has 3 aliphatic carbocycles. The highest BCUT2D eigenvalue weighted by Crippen LogP contribution is 2.50. The molecule has 2 fully saturated rings. The standard InChI is InChI=1S/C24H27FN6O2S/c1-30-14-21(13-28-30)34(33)31(19-5-6-19)20-4-2-17-8-22(29-18-3-7-23(25)27-12-18)16(11-26)9-24(17,10-20)15-32/h3,7-8,11-15,19-20H,2,4-6,9-10,26H2,1H3/b16-11-,29-22?. The molecule has 2 saturated carbocycles. The van der Waals surface area contributed by atoms with E-state index in [0.29, 0.717) is 35.6 Å². The van der Waals surface area contributed by atoms with Gasteiger partial charge in [-0.2, -0.15) is 9.49 Å². The van der Waals surface area contributed by atoms with Crippen LogP contribution in [0.4, 0.5) is 10.1 Å². The number of halogens is 1. The van der Waals surface area contributed by atoms with Crippen LogP contribution >= 0.6 is 0 Å². The number of fused-ring (bicyclic) bond motifs is 1. The van der Waals surface area contributed by atoms with Crippen molar-refractivity contribution in [2.45, 2.75) is 55.5 Å². The second-order valence-corrected chi connectivity index (χ2v) is 10.6. The molecular formula is C24H27FN6O2S. The third-order valence-electron chi connectivity index (χ3n) is 6.86. The van der Waals surface area contributed by atoms with Gasteiger partial charge in [0.2, 0.25) is 5.95 Å². The number of hydrogen-bond acceptors (Lipinski definition) is 6. The van der Waals surface area contributed by atoms with Crippen molar-refractivity contribution in [2.24, 2.45) is 23.2 Å². The van der Waals surface area contributed by atoms with Crippen molar-refractivity contribution in [3.8, 4) is 0 Å². The van der Waals surface area contributed by atoms with Gasteiger partial charge in [-0.05, 0) is 68.5 Å². The van der Waals surface area contributed by atoms with Gasteiger partial charge in [0, 0.05) is 25.3 Å². The molecular weight excluding hydrogens is 455 g/mol. The number of aldehydes is 1. The van der Waals surface area contributed by atoms with E-state index in [-0.39, 0.29) is 12.1 Å². The van der Waals surface area contributed by atoms with E-state index < -0.39 is 22.3 Å². The van der Waals surface area contributed by atoms with Crippen LogP contribution in [0.3, 0.4) is 0 Å². The van der Waals surface area contributed by atoms with Crippen molar-refractivity contribution in [3.05, 3.63) is 60.1 Å². The Morgan fingerprint density at radius 1 is 1.29 bits per heavy atom. The summed E-state index contributed by atoms with van der Waals surface area (Å²) in [5, 5.41) is 4.18. The normalized spacial score (nSPS) is 28.1. The molecule has 0 spiro atoms. The number of allylic oxidation sites excluding steroid dienone is 3. The van der Waals surface area contributed by atoms with Crippen molar-refractivity contribution in [1.29, 1.82) is 0 Å². The van der Waals surface area contributed by atoms with Crippen LogP contribution in [0.15, 0.2) is 64.0 Å². The minimum absolute atomic E-state index is 0.00898. The third-order valence-corrected chi connectivity index (χ3v) is 8.45. The molecule has 3 unspecified atom stereocenters. The zero-order valence-corrected chi connectivity index (χ0v) is 19.7. The van der Waals surface area contributed by atoms with Gasteiger partial charge in [-0.3, -0.25) is 4.68 Å². The lowest BCUT2D eigenvalue weighted by Crippen LogP contribution is -2.47. The first kappa shape index (κ1) is 22.8. The van der Waals surface area contributed by atoms with Crippen LogP contribution in [-0.2, 0) is 22.8 Å². The smallest absolute Gasteiger partial charge is 0.212 e. The molecule has 0 aliphatic heterocycles. The van der Waals surface area contributed by atoms with Gasteiger partial charge in [-0.15, -0.1) is 0 Å². The van der Waals surface area contributed by atoms with E-state index in [1.54, 1.807) is 23.1 Å². The van der Waals surface area contributed by atoms with Gasteiger partial charge in [-0.1, -0.05) is 5.57 Å². The number of nitrogens with two attached hydrogens (primary N) is 1. The first-order chi connectivity index (χ1) is 16.4. The summed E-state index contributed by atoms with van der Waals surface area (Å²) < 4.78 is 30.4. The van der Waals surface area contributed by atoms with E-state index in [1.165, 1.54) is 18.5 Å². The molecule has 8 nitrogen and oxygen atoms in total. The van der Waals surface area contributed by atoms with E-state index in [2.05, 4.69) is 19.4 Å². The van der Waals surface area contributed by atoms with Gasteiger partial charge in [0.15, 0.2) is 0 Å². The molecule has 0 saturated heterocycles. The average molecular weight is 483 g/mol. The number of hydrogen-bond donors (Lipinski definition) is 1. The first-order valence-corrected chi connectivity index (χ1v) is 12.5. The summed E-state index contributed by atoms with van der Waals surface area (Å²) in [5.74, 6) is -0.567. The number of aliphatic imine (C=N–C) groups is 1. The SMILES string of the molecule is Cn1cc(S(=O)N(C2CC2)C2CCC3=CC(=Nc4ccc(F)nc4)/C(=C\N)CC3(C=O)C2)cn1. The fraction of sp³-hybridized carbons (Fsp3) is 0.417. The molecule has 2 heterocycles. The van der Waals surface area contributed by atoms with Gasteiger partial charge >= 0.3 is 0 Å². The van der Waals surface area contributed by atoms with Crippen LogP contribution in [0.25, 0.3) is 0 Å². The zero-order chi connectivity index (χ0) is 23.9. The van der Waals surface area contributed by atoms with Crippen molar-refractivity contribution < 1.29 is 13.4 Å². The molecule has 3 aliphatic rings. The summed E-state index contributed by atoms with van der Waals surface area (Å²) in [5.41, 5.74) is 8.20. The molecule has 0 amide bonds. The lowest BCUT2D eigenvalue weighted by Gasteiger charge is -2.45. The van der Waals surface area contributed by atoms with Crippen molar-refractivity contribution >= 4 is 28.7 Å². The lowest BCUT2D eigenvalue weighted by atomic mass is 9.63. The van der Waals surface area contributed by atoms with E-state index in [1.807, 2.05) is 13.1 Å². The molecule has 10 heteroatoms. The number of carbonyl (C=O) groups excluding carboxylic acids is 1. The van der Waals surface area contributed by atoms with Crippen molar-refractivity contribution in [3.63, 3.8) is 0 Å². The zero-order valence-electron chi connectivity index (χ0n) is 18.9. The van der Waals surface area contributed by atoms with Crippen LogP contribution in [0, 0.1) is 11.4 Å². The summed E-state index contributed by atoms with van der Waals surface area (Å²) in [7, 11) is 0.481. The minimum Gasteiger partial charge on any atom is -0.404 e. The highest BCUT2D eigenvalue weighted by atomic mass is 32.2. The molecule has 3 atom stereocenters. The average Bonchev–Trinajstić information content (AvgIpc) is 3.58. The Morgan fingerprint density at radius 2 is 2.12 bits per heavy atom. The topological polar surface area (TPSA) is 106 Å². The van der Waals surface area contributed by atoms with E-state index in [0.717, 1.165) is 36.7 Å². The number of aromatic nitrogens is 3. The summed E-state index contributed by atoms with van der Waals surface area (Å²) >= 11 is 0. The number of nitrogens with zero attached hydrogens (tertiary/aromatic N) is 5. The number of rotatable bonds is 6. The molecule has 0 aromatic carbocycles. The Morgan fingerprint density at radius 3 is 2.74 bits per heavy atom. The quantitative estimate of drug-likeness (QED) is 0.503. The predicted molar refractivity (Wildman–Crippen MR) is 127 cm³/mol. The Kier molecular flexibility index (Phi) is 6.03. The highest BCUT2D eigenvalue weighted by Gasteiger charge is 2.48. The first-order valence-electron chi connectivity index (χ1n) is 11.4. The fourth-order valence-corrected chi connectivity index (χ4v) is 6.58. The summed E-state index contributed by atoms with van der Waals surface area (Å²) in [6.45, 7) is 0. The minimum atomic E-state index is -1.33. The second kappa shape index (κ2) is 8.99. The van der Waals surface area contributed by atoms with Crippen LogP contribution < -0.4 is 5.73 Å².